The van der Waals surface area contributed by atoms with Gasteiger partial charge in [0.05, 0.1) is 43.5 Å². The van der Waals surface area contributed by atoms with E-state index in [1.807, 2.05) is 13.8 Å². The number of aromatic nitrogens is 4. The second kappa shape index (κ2) is 51.4. The van der Waals surface area contributed by atoms with Gasteiger partial charge in [0.25, 0.3) is 0 Å². The molecule has 25 N–H and O–H groups in total. The average Bonchev–Trinajstić information content (AvgIpc) is 1.67. The van der Waals surface area contributed by atoms with Gasteiger partial charge in [-0.3, -0.25) is 86.9 Å². The molecule has 0 unspecified atom stereocenters. The maximum absolute atomic E-state index is 15.8. The number of nitrogens with one attached hydrogen (secondary N) is 15. The number of para-hydroxylation sites is 2. The minimum absolute atomic E-state index is 0.0174. The van der Waals surface area contributed by atoms with Crippen LogP contribution in [0.4, 0.5) is 0 Å². The predicted molar refractivity (Wildman–Crippen MR) is 504 cm³/mol. The van der Waals surface area contributed by atoms with Crippen LogP contribution in [0.15, 0.2) is 97.7 Å². The summed E-state index contributed by atoms with van der Waals surface area (Å²) < 4.78 is 0. The number of carboxylic acids is 1. The number of likely N-dealkylation sites (N-methyl/N-ethyl adjacent to an activating group) is 2. The SMILES string of the molecule is CCCC[C@H]1C(=O)N(C)[C@@H](CCCC)C(=O)N[C@@H](CCCNC(=N)N)C(=O)N[C@H](C(=O)NCC(N)=O)CSCC(=O)N[C@@H](Cc2ccc(O)cc2)C(=O)N2CCCC[C@H]2C(=O)N[C@@H](CC(=O)O)C(=O)N2CCC[C@H]2C(=O)N[C@@H](Cc2c[nH]cn2)C(=O)N[C@@H](CCCN)C(=O)N2C[C@H](O)C[C@H]2C(=O)N[C@@H](Cc2c[nH]c3ccccc23)C(=O)N[C@@H](CO)C(=O)N[C@@H](Cc2c[nH]c3ccccc23)C(=O)N1C. The molecule has 4 aliphatic heterocycles. The Labute approximate surface area is 800 Å². The molecule has 3 aromatic heterocycles. The number of benzene rings is 3. The Kier molecular flexibility index (Phi) is 39.6. The fourth-order valence-corrected chi connectivity index (χ4v) is 18.5. The number of carbonyl (C=O) groups is 17. The summed E-state index contributed by atoms with van der Waals surface area (Å²) in [6, 6.07) is -2.50. The van der Waals surface area contributed by atoms with Crippen molar-refractivity contribution in [1.29, 1.82) is 5.41 Å². The van der Waals surface area contributed by atoms with Gasteiger partial charge in [-0.25, -0.2) is 4.98 Å². The quantitative estimate of drug-likeness (QED) is 0.0138. The molecule has 4 saturated heterocycles. The fourth-order valence-electron chi connectivity index (χ4n) is 17.7. The highest BCUT2D eigenvalue weighted by atomic mass is 32.2. The molecule has 7 heterocycles. The molecule has 10 rings (SSSR count). The second-order valence-corrected chi connectivity index (χ2v) is 36.1. The van der Waals surface area contributed by atoms with Crippen LogP contribution in [0.1, 0.15) is 145 Å². The van der Waals surface area contributed by atoms with E-state index in [1.165, 1.54) is 55.8 Å². The minimum atomic E-state index is -1.91. The molecular weight excluding hydrogens is 1810 g/mol. The van der Waals surface area contributed by atoms with E-state index in [1.54, 1.807) is 60.9 Å². The molecule has 15 atom stereocenters. The lowest BCUT2D eigenvalue weighted by Crippen LogP contribution is -2.62. The standard InChI is InChI=1S/C92H128N24O21S/c1-5-7-24-70-83(129)104-61(23-16-33-98-92(95)96)79(125)111-69(78(124)101-45-75(94)120)48-138-49-76(121)103-65(36-51-28-30-55(118)31-29-51)89(135)114-34-14-13-26-71(114)85(131)109-67(41-77(122)123)90(136)115-35-17-27-72(115)84(130)107-64(39-54-44-97-50-102-54)81(127)105-62(22-15-32-93)88(134)116-46-56(119)40-74(116)86(132)106-63(37-52-42-99-59-20-11-9-18-57(52)59)80(126)110-68(47-117)82(128)108-66(38-53-43-100-60-21-12-10-19-58(53)60)87(133)113(4)73(25-8-6-2)91(137)112(70)3/h9-12,18-21,28-31,42-44,50,56,61-74,99-100,117-119H,5-8,13-17,22-27,32-41,45-49,93H2,1-4H3,(H2,94,120)(H,97,102)(H,101,124)(H,103,121)(H,104,129)(H,105,127)(H,106,132)(H,107,130)(H,108,128)(H,109,131)(H,110,126)(H,111,125)(H,122,123)(H4,95,96,98)/t56-,61+,62+,63+,64+,65+,66+,67+,68+,69+,70+,71+,72+,73+,74+/m1/s1. The molecule has 3 aromatic carbocycles. The summed E-state index contributed by atoms with van der Waals surface area (Å²) in [6.07, 6.45) is 3.86. The largest absolute Gasteiger partial charge is 0.508 e. The van der Waals surface area contributed by atoms with Gasteiger partial charge in [-0.05, 0) is 118 Å². The number of aromatic hydroxyl groups is 1. The Morgan fingerprint density at radius 3 is 1.65 bits per heavy atom. The number of rotatable bonds is 27. The highest BCUT2D eigenvalue weighted by Gasteiger charge is 2.47. The van der Waals surface area contributed by atoms with Crippen molar-refractivity contribution in [3.8, 4) is 5.75 Å². The summed E-state index contributed by atoms with van der Waals surface area (Å²) in [5.41, 5.74) is 20.0. The van der Waals surface area contributed by atoms with E-state index in [2.05, 4.69) is 78.4 Å². The first kappa shape index (κ1) is 106. The van der Waals surface area contributed by atoms with Crippen molar-refractivity contribution >= 4 is 140 Å². The first-order chi connectivity index (χ1) is 66.1. The number of thioether (sulfide) groups is 1. The number of unbranched alkanes of at least 4 members (excludes halogenated alkanes) is 2. The Bertz CT molecular complexity index is 5310. The number of carbonyl (C=O) groups excluding carboxylic acids is 16. The molecule has 4 fully saturated rings. The molecule has 0 radical (unpaired) electrons. The van der Waals surface area contributed by atoms with Gasteiger partial charge >= 0.3 is 5.97 Å². The van der Waals surface area contributed by atoms with Crippen LogP contribution in [0.3, 0.4) is 0 Å². The van der Waals surface area contributed by atoms with Crippen molar-refractivity contribution in [3.63, 3.8) is 0 Å². The molecule has 46 heteroatoms. The molecule has 6 aromatic rings. The lowest BCUT2D eigenvalue weighted by Gasteiger charge is -2.38. The summed E-state index contributed by atoms with van der Waals surface area (Å²) >= 11 is 0.768. The summed E-state index contributed by atoms with van der Waals surface area (Å²) in [5, 5.41) is 81.6. The third-order valence-electron chi connectivity index (χ3n) is 25.1. The Balaban J connectivity index is 1.03. The number of carboxylic acid groups (broad SMARTS) is 1. The van der Waals surface area contributed by atoms with Crippen LogP contribution in [0.2, 0.25) is 0 Å². The van der Waals surface area contributed by atoms with Crippen LogP contribution in [0.25, 0.3) is 21.8 Å². The van der Waals surface area contributed by atoms with Gasteiger partial charge in [0.2, 0.25) is 94.5 Å². The molecule has 748 valence electrons. The molecular formula is C92H128N24O21S. The molecule has 0 aliphatic carbocycles. The number of phenols is 1. The zero-order chi connectivity index (χ0) is 100.0. The van der Waals surface area contributed by atoms with Gasteiger partial charge < -0.3 is 136 Å². The predicted octanol–water partition coefficient (Wildman–Crippen LogP) is -3.10. The summed E-state index contributed by atoms with van der Waals surface area (Å²) in [7, 11) is 2.68. The molecule has 0 bridgehead atoms. The third-order valence-corrected chi connectivity index (χ3v) is 26.1. The van der Waals surface area contributed by atoms with E-state index in [9.17, 15) is 49.2 Å². The van der Waals surface area contributed by atoms with Crippen LogP contribution in [0.5, 0.6) is 5.75 Å². The van der Waals surface area contributed by atoms with E-state index in [4.69, 9.17) is 22.6 Å². The topological polar surface area (TPSA) is 682 Å². The Morgan fingerprint density at radius 2 is 1.05 bits per heavy atom. The second-order valence-electron chi connectivity index (χ2n) is 35.1. The molecule has 0 saturated carbocycles. The maximum Gasteiger partial charge on any atom is 0.305 e. The normalized spacial score (nSPS) is 24.9. The van der Waals surface area contributed by atoms with Crippen LogP contribution in [0, 0.1) is 5.41 Å². The molecule has 4 aliphatic rings. The maximum atomic E-state index is 15.8. The Morgan fingerprint density at radius 1 is 0.529 bits per heavy atom. The number of H-pyrrole nitrogens is 3. The minimum Gasteiger partial charge on any atom is -0.508 e. The van der Waals surface area contributed by atoms with E-state index >= 15 is 52.7 Å². The smallest absolute Gasteiger partial charge is 0.305 e. The number of fused-ring (bicyclic) bond motifs is 5. The number of amides is 16. The number of aliphatic hydroxyl groups excluding tert-OH is 2. The highest BCUT2D eigenvalue weighted by molar-refractivity contribution is 8.00. The molecule has 0 spiro atoms. The number of hydrogen-bond donors (Lipinski definition) is 22. The number of guanidine groups is 1. The number of aromatic amines is 3. The monoisotopic (exact) mass is 1940 g/mol. The van der Waals surface area contributed by atoms with Crippen LogP contribution in [-0.4, -0.2) is 333 Å². The lowest BCUT2D eigenvalue weighted by atomic mass is 9.97. The molecule has 16 amide bonds. The zero-order valence-corrected chi connectivity index (χ0v) is 78.5. The van der Waals surface area contributed by atoms with E-state index in [0.29, 0.717) is 77.0 Å². The van der Waals surface area contributed by atoms with Crippen molar-refractivity contribution in [2.24, 2.45) is 17.2 Å². The average molecular weight is 1940 g/mol. The summed E-state index contributed by atoms with van der Waals surface area (Å²) in [6.45, 7) is 1.02. The van der Waals surface area contributed by atoms with Crippen molar-refractivity contribution in [2.75, 3.05) is 71.5 Å². The third kappa shape index (κ3) is 29.2. The van der Waals surface area contributed by atoms with Gasteiger partial charge in [-0.15, -0.1) is 11.8 Å². The van der Waals surface area contributed by atoms with Gasteiger partial charge in [0.1, 0.15) is 90.3 Å². The first-order valence-electron chi connectivity index (χ1n) is 46.6. The van der Waals surface area contributed by atoms with Gasteiger partial charge in [-0.2, -0.15) is 0 Å². The van der Waals surface area contributed by atoms with Crippen molar-refractivity contribution in [3.05, 3.63) is 120 Å². The summed E-state index contributed by atoms with van der Waals surface area (Å²) in [5.74, 6) is -18.3. The lowest BCUT2D eigenvalue weighted by molar-refractivity contribution is -0.149. The number of primary amides is 1. The fraction of sp³-hybridized carbons (Fsp3) is 0.533. The van der Waals surface area contributed by atoms with Gasteiger partial charge in [-0.1, -0.05) is 88.1 Å². The molecule has 45 nitrogen and oxygen atoms in total. The number of aliphatic hydroxyl groups is 2. The van der Waals surface area contributed by atoms with Crippen molar-refractivity contribution < 1.29 is 102 Å². The number of nitrogens with zero attached hydrogens (tertiary/aromatic N) is 6. The van der Waals surface area contributed by atoms with Crippen LogP contribution >= 0.6 is 11.8 Å². The number of imidazole rings is 1. The zero-order valence-electron chi connectivity index (χ0n) is 77.7. The Hall–Kier alpha value is -13.8. The van der Waals surface area contributed by atoms with Crippen LogP contribution < -0.4 is 75.7 Å². The van der Waals surface area contributed by atoms with Gasteiger partial charge in [0.15, 0.2) is 5.96 Å². The number of aliphatic carboxylic acids is 1. The van der Waals surface area contributed by atoms with E-state index in [-0.39, 0.29) is 121 Å². The summed E-state index contributed by atoms with van der Waals surface area (Å²) in [4.78, 5) is 271. The van der Waals surface area contributed by atoms with Crippen LogP contribution in [-0.2, 0) is 107 Å². The van der Waals surface area contributed by atoms with Crippen molar-refractivity contribution in [2.45, 2.75) is 239 Å². The number of phenolic OH excluding ortho intramolecular Hbond substituents is 1. The van der Waals surface area contributed by atoms with E-state index < -0.39 is 241 Å². The number of nitrogens with two attached hydrogens (primary N) is 3. The van der Waals surface area contributed by atoms with Crippen molar-refractivity contribution in [1.82, 2.24) is 103 Å². The first-order valence-corrected chi connectivity index (χ1v) is 47.7. The number of hydrogen-bond acceptors (Lipinski definition) is 24. The van der Waals surface area contributed by atoms with E-state index in [0.717, 1.165) is 31.4 Å². The van der Waals surface area contributed by atoms with Gasteiger partial charge in [0, 0.05) is 119 Å². The number of piperidine rings is 1. The highest BCUT2D eigenvalue weighted by Crippen LogP contribution is 2.29. The molecule has 138 heavy (non-hydrogen) atoms.